The summed E-state index contributed by atoms with van der Waals surface area (Å²) in [5.41, 5.74) is 0.250. The lowest BCUT2D eigenvalue weighted by Gasteiger charge is -2.11. The largest absolute Gasteiger partial charge is 0.508 e. The number of nitrogens with one attached hydrogen (secondary N) is 2. The van der Waals surface area contributed by atoms with Crippen LogP contribution in [-0.4, -0.2) is 17.5 Å². The lowest BCUT2D eigenvalue weighted by atomic mass is 10.3. The van der Waals surface area contributed by atoms with Gasteiger partial charge in [0.25, 0.3) is 0 Å². The molecule has 0 aliphatic carbocycles. The van der Waals surface area contributed by atoms with Crippen molar-refractivity contribution in [3.63, 3.8) is 0 Å². The third-order valence-electron chi connectivity index (χ3n) is 1.67. The molecule has 0 fully saturated rings. The number of hydrogen-bond acceptors (Lipinski definition) is 3. The summed E-state index contributed by atoms with van der Waals surface area (Å²) < 4.78 is 13.2. The van der Waals surface area contributed by atoms with Gasteiger partial charge in [-0.15, -0.1) is 11.6 Å². The first-order valence-electron chi connectivity index (χ1n) is 4.37. The third kappa shape index (κ3) is 3.67. The summed E-state index contributed by atoms with van der Waals surface area (Å²) in [7, 11) is 0. The maximum atomic E-state index is 13.2. The smallest absolute Gasteiger partial charge is 0.150 e. The van der Waals surface area contributed by atoms with Crippen LogP contribution in [0.4, 0.5) is 10.1 Å². The monoisotopic (exact) mass is 230 g/mol. The van der Waals surface area contributed by atoms with Crippen LogP contribution in [0.15, 0.2) is 30.6 Å². The van der Waals surface area contributed by atoms with Crippen molar-refractivity contribution in [1.29, 1.82) is 0 Å². The molecule has 0 saturated heterocycles. The van der Waals surface area contributed by atoms with Crippen molar-refractivity contribution < 1.29 is 9.50 Å². The van der Waals surface area contributed by atoms with Gasteiger partial charge in [0, 0.05) is 18.5 Å². The van der Waals surface area contributed by atoms with Crippen LogP contribution in [0.1, 0.15) is 0 Å². The number of phenolic OH excluding ortho intramolecular Hbond substituents is 1. The molecule has 3 nitrogen and oxygen atoms in total. The molecule has 0 spiro atoms. The summed E-state index contributed by atoms with van der Waals surface area (Å²) in [5, 5.41) is 14.6. The number of aromatic hydroxyl groups is 1. The average Bonchev–Trinajstić information content (AvgIpc) is 2.19. The molecule has 0 heterocycles. The maximum absolute atomic E-state index is 13.2. The second-order valence-electron chi connectivity index (χ2n) is 2.88. The van der Waals surface area contributed by atoms with Gasteiger partial charge in [-0.05, 0) is 12.1 Å². The van der Waals surface area contributed by atoms with Crippen LogP contribution < -0.4 is 10.6 Å². The molecule has 1 aromatic carbocycles. The van der Waals surface area contributed by atoms with Gasteiger partial charge in [0.1, 0.15) is 11.6 Å². The Bertz CT molecular complexity index is 357. The zero-order valence-corrected chi connectivity index (χ0v) is 8.81. The molecular formula is C10H12ClFN2O. The van der Waals surface area contributed by atoms with E-state index in [-0.39, 0.29) is 11.4 Å². The highest BCUT2D eigenvalue weighted by atomic mass is 35.5. The molecule has 15 heavy (non-hydrogen) atoms. The average molecular weight is 231 g/mol. The number of anilines is 1. The summed E-state index contributed by atoms with van der Waals surface area (Å²) >= 11 is 5.46. The van der Waals surface area contributed by atoms with Gasteiger partial charge in [-0.1, -0.05) is 6.58 Å². The molecule has 0 unspecified atom stereocenters. The first-order chi connectivity index (χ1) is 7.13. The molecule has 3 N–H and O–H groups in total. The van der Waals surface area contributed by atoms with Gasteiger partial charge in [0.2, 0.25) is 0 Å². The molecule has 1 rings (SSSR count). The van der Waals surface area contributed by atoms with E-state index in [1.54, 1.807) is 0 Å². The van der Waals surface area contributed by atoms with Crippen LogP contribution in [0, 0.1) is 5.82 Å². The van der Waals surface area contributed by atoms with Crippen molar-refractivity contribution in [2.24, 2.45) is 0 Å². The zero-order chi connectivity index (χ0) is 11.3. The first kappa shape index (κ1) is 11.7. The number of hydrogen-bond donors (Lipinski definition) is 3. The van der Waals surface area contributed by atoms with Gasteiger partial charge < -0.3 is 15.7 Å². The Morgan fingerprint density at radius 2 is 2.27 bits per heavy atom. The van der Waals surface area contributed by atoms with E-state index in [2.05, 4.69) is 17.2 Å². The van der Waals surface area contributed by atoms with Gasteiger partial charge in [0.15, 0.2) is 0 Å². The molecule has 0 aromatic heterocycles. The highest BCUT2D eigenvalue weighted by Crippen LogP contribution is 2.19. The van der Waals surface area contributed by atoms with E-state index in [1.165, 1.54) is 12.1 Å². The number of alkyl halides is 1. The van der Waals surface area contributed by atoms with Gasteiger partial charge in [-0.2, -0.15) is 0 Å². The minimum atomic E-state index is -0.538. The van der Waals surface area contributed by atoms with Gasteiger partial charge in [-0.25, -0.2) is 4.39 Å². The van der Waals surface area contributed by atoms with Crippen LogP contribution in [0.3, 0.4) is 0 Å². The maximum Gasteiger partial charge on any atom is 0.150 e. The molecule has 0 atom stereocenters. The Morgan fingerprint density at radius 1 is 1.53 bits per heavy atom. The van der Waals surface area contributed by atoms with Gasteiger partial charge in [0.05, 0.1) is 11.5 Å². The SMILES string of the molecule is C=C(NCCCl)Nc1ccc(O)cc1F. The molecule has 5 heteroatoms. The van der Waals surface area contributed by atoms with E-state index >= 15 is 0 Å². The number of halogens is 2. The summed E-state index contributed by atoms with van der Waals surface area (Å²) in [6.45, 7) is 4.19. The lowest BCUT2D eigenvalue weighted by molar-refractivity contribution is 0.469. The fourth-order valence-electron chi connectivity index (χ4n) is 1.01. The molecule has 0 bridgehead atoms. The number of rotatable bonds is 5. The van der Waals surface area contributed by atoms with Crippen molar-refractivity contribution in [3.05, 3.63) is 36.4 Å². The van der Waals surface area contributed by atoms with Crippen LogP contribution in [0.5, 0.6) is 5.75 Å². The molecule has 1 aromatic rings. The van der Waals surface area contributed by atoms with E-state index in [4.69, 9.17) is 16.7 Å². The Hall–Kier alpha value is -1.42. The van der Waals surface area contributed by atoms with Crippen LogP contribution in [0.25, 0.3) is 0 Å². The standard InChI is InChI=1S/C10H12ClFN2O/c1-7(13-5-4-11)14-10-3-2-8(15)6-9(10)12/h2-3,6,13-15H,1,4-5H2. The normalized spacial score (nSPS) is 9.73. The quantitative estimate of drug-likeness (QED) is 0.537. The minimum Gasteiger partial charge on any atom is -0.508 e. The fourth-order valence-corrected chi connectivity index (χ4v) is 1.10. The summed E-state index contributed by atoms with van der Waals surface area (Å²) in [5.74, 6) is 0.250. The highest BCUT2D eigenvalue weighted by molar-refractivity contribution is 6.18. The molecule has 0 saturated carbocycles. The molecule has 0 aliphatic heterocycles. The van der Waals surface area contributed by atoms with Crippen molar-refractivity contribution in [1.82, 2.24) is 5.32 Å². The number of phenols is 1. The fraction of sp³-hybridized carbons (Fsp3) is 0.200. The number of benzene rings is 1. The van der Waals surface area contributed by atoms with Crippen molar-refractivity contribution in [3.8, 4) is 5.75 Å². The molecule has 0 amide bonds. The predicted molar refractivity (Wildman–Crippen MR) is 59.6 cm³/mol. The summed E-state index contributed by atoms with van der Waals surface area (Å²) in [6.07, 6.45) is 0. The van der Waals surface area contributed by atoms with E-state index in [0.717, 1.165) is 6.07 Å². The molecular weight excluding hydrogens is 219 g/mol. The van der Waals surface area contributed by atoms with Crippen molar-refractivity contribution >= 4 is 17.3 Å². The molecule has 0 aliphatic rings. The Balaban J connectivity index is 2.60. The van der Waals surface area contributed by atoms with E-state index in [9.17, 15) is 4.39 Å². The Morgan fingerprint density at radius 3 is 2.87 bits per heavy atom. The third-order valence-corrected chi connectivity index (χ3v) is 1.86. The van der Waals surface area contributed by atoms with E-state index < -0.39 is 5.82 Å². The summed E-state index contributed by atoms with van der Waals surface area (Å²) in [6, 6.07) is 3.84. The van der Waals surface area contributed by atoms with Crippen LogP contribution in [-0.2, 0) is 0 Å². The van der Waals surface area contributed by atoms with Crippen LogP contribution in [0.2, 0.25) is 0 Å². The minimum absolute atomic E-state index is 0.114. The first-order valence-corrected chi connectivity index (χ1v) is 4.91. The summed E-state index contributed by atoms with van der Waals surface area (Å²) in [4.78, 5) is 0. The predicted octanol–water partition coefficient (Wildman–Crippen LogP) is 2.24. The van der Waals surface area contributed by atoms with E-state index in [1.807, 2.05) is 0 Å². The van der Waals surface area contributed by atoms with Gasteiger partial charge in [-0.3, -0.25) is 0 Å². The Kier molecular flexibility index (Phi) is 4.24. The second-order valence-corrected chi connectivity index (χ2v) is 3.26. The zero-order valence-electron chi connectivity index (χ0n) is 8.06. The van der Waals surface area contributed by atoms with E-state index in [0.29, 0.717) is 18.2 Å². The Labute approximate surface area is 92.6 Å². The molecule has 0 radical (unpaired) electrons. The second kappa shape index (κ2) is 5.46. The van der Waals surface area contributed by atoms with Crippen molar-refractivity contribution in [2.45, 2.75) is 0 Å². The van der Waals surface area contributed by atoms with Gasteiger partial charge >= 0.3 is 0 Å². The lowest BCUT2D eigenvalue weighted by Crippen LogP contribution is -2.20. The topological polar surface area (TPSA) is 44.3 Å². The van der Waals surface area contributed by atoms with Crippen LogP contribution >= 0.6 is 11.6 Å². The molecule has 82 valence electrons. The van der Waals surface area contributed by atoms with Crippen molar-refractivity contribution in [2.75, 3.05) is 17.7 Å². The highest BCUT2D eigenvalue weighted by Gasteiger charge is 2.03.